The van der Waals surface area contributed by atoms with Gasteiger partial charge in [-0.1, -0.05) is 127 Å². The normalized spacial score (nSPS) is 12.4. The molecule has 6 aromatic carbocycles. The van der Waals surface area contributed by atoms with Gasteiger partial charge in [0.05, 0.1) is 0 Å². The van der Waals surface area contributed by atoms with E-state index in [1.54, 1.807) is 0 Å². The van der Waals surface area contributed by atoms with E-state index in [-0.39, 0.29) is 0 Å². The molecule has 1 heterocycles. The fourth-order valence-corrected chi connectivity index (χ4v) is 6.95. The van der Waals surface area contributed by atoms with Crippen LogP contribution >= 0.6 is 0 Å². The van der Waals surface area contributed by atoms with Crippen LogP contribution in [0.1, 0.15) is 22.3 Å². The number of benzene rings is 6. The molecular weight excluding hydrogens is 534 g/mol. The minimum absolute atomic E-state index is 0.680. The number of aromatic nitrogens is 3. The summed E-state index contributed by atoms with van der Waals surface area (Å²) in [6, 6.07) is 49.2. The van der Waals surface area contributed by atoms with E-state index in [9.17, 15) is 0 Å². The van der Waals surface area contributed by atoms with Crippen molar-refractivity contribution in [3.8, 4) is 67.5 Å². The van der Waals surface area contributed by atoms with E-state index in [4.69, 9.17) is 15.0 Å². The Balaban J connectivity index is 1.28. The highest BCUT2D eigenvalue weighted by Crippen LogP contribution is 2.52. The summed E-state index contributed by atoms with van der Waals surface area (Å²) in [6.07, 6.45) is 1.78. The number of fused-ring (bicyclic) bond motifs is 7. The molecule has 0 fully saturated rings. The van der Waals surface area contributed by atoms with Crippen molar-refractivity contribution in [3.63, 3.8) is 0 Å². The molecule has 2 aliphatic rings. The molecule has 0 atom stereocenters. The Bertz CT molecular complexity index is 2220. The summed E-state index contributed by atoms with van der Waals surface area (Å²) in [5, 5.41) is 0. The predicted molar refractivity (Wildman–Crippen MR) is 178 cm³/mol. The molecule has 0 saturated carbocycles. The largest absolute Gasteiger partial charge is 0.208 e. The highest BCUT2D eigenvalue weighted by molar-refractivity contribution is 5.98. The highest BCUT2D eigenvalue weighted by atomic mass is 15.0. The van der Waals surface area contributed by atoms with E-state index < -0.39 is 0 Å². The molecule has 206 valence electrons. The first-order chi connectivity index (χ1) is 21.8. The zero-order valence-corrected chi connectivity index (χ0v) is 24.0. The Labute approximate surface area is 256 Å². The lowest BCUT2D eigenvalue weighted by molar-refractivity contribution is 1.07. The van der Waals surface area contributed by atoms with Gasteiger partial charge in [-0.05, 0) is 80.6 Å². The van der Waals surface area contributed by atoms with Gasteiger partial charge in [-0.15, -0.1) is 0 Å². The summed E-state index contributed by atoms with van der Waals surface area (Å²) >= 11 is 0. The highest BCUT2D eigenvalue weighted by Gasteiger charge is 2.32. The Hall–Kier alpha value is -5.67. The molecule has 0 N–H and O–H groups in total. The van der Waals surface area contributed by atoms with Gasteiger partial charge in [0, 0.05) is 16.7 Å². The van der Waals surface area contributed by atoms with Crippen molar-refractivity contribution < 1.29 is 0 Å². The zero-order valence-electron chi connectivity index (χ0n) is 24.0. The monoisotopic (exact) mass is 561 g/mol. The molecule has 0 bridgehead atoms. The molecular formula is C41H27N3. The Morgan fingerprint density at radius 1 is 0.341 bits per heavy atom. The second kappa shape index (κ2) is 9.96. The van der Waals surface area contributed by atoms with Gasteiger partial charge in [0.2, 0.25) is 0 Å². The summed E-state index contributed by atoms with van der Waals surface area (Å²) in [7, 11) is 0. The first kappa shape index (κ1) is 24.9. The molecule has 0 spiro atoms. The molecule has 9 rings (SSSR count). The summed E-state index contributed by atoms with van der Waals surface area (Å²) in [5.74, 6) is 2.09. The number of nitrogens with zero attached hydrogens (tertiary/aromatic N) is 3. The first-order valence-corrected chi connectivity index (χ1v) is 15.1. The molecule has 7 aromatic rings. The molecule has 0 amide bonds. The smallest absolute Gasteiger partial charge is 0.164 e. The molecule has 0 saturated heterocycles. The van der Waals surface area contributed by atoms with Crippen molar-refractivity contribution in [3.05, 3.63) is 162 Å². The number of rotatable bonds is 4. The van der Waals surface area contributed by atoms with Crippen molar-refractivity contribution in [1.82, 2.24) is 15.0 Å². The van der Waals surface area contributed by atoms with Crippen molar-refractivity contribution in [1.29, 1.82) is 0 Å². The average molecular weight is 562 g/mol. The van der Waals surface area contributed by atoms with Gasteiger partial charge in [-0.2, -0.15) is 0 Å². The van der Waals surface area contributed by atoms with Gasteiger partial charge in [-0.25, -0.2) is 15.0 Å². The van der Waals surface area contributed by atoms with E-state index in [0.717, 1.165) is 40.9 Å². The molecule has 0 aliphatic heterocycles. The third-order valence-corrected chi connectivity index (χ3v) is 8.97. The van der Waals surface area contributed by atoms with Crippen LogP contribution in [-0.4, -0.2) is 15.0 Å². The van der Waals surface area contributed by atoms with Gasteiger partial charge in [0.1, 0.15) is 0 Å². The van der Waals surface area contributed by atoms with E-state index >= 15 is 0 Å². The van der Waals surface area contributed by atoms with E-state index in [0.29, 0.717) is 11.6 Å². The van der Waals surface area contributed by atoms with Crippen molar-refractivity contribution in [2.24, 2.45) is 0 Å². The van der Waals surface area contributed by atoms with Gasteiger partial charge < -0.3 is 0 Å². The SMILES string of the molecule is c1ccc(-c2cccc(-c3nc(-c4ccccc4)nc(-c4cc5c(c6c4Cc4ccccc4-6)-c4ccccc4C5)n3)c2)cc1. The molecule has 3 nitrogen and oxygen atoms in total. The zero-order chi connectivity index (χ0) is 29.0. The fourth-order valence-electron chi connectivity index (χ4n) is 6.95. The minimum Gasteiger partial charge on any atom is -0.208 e. The van der Waals surface area contributed by atoms with Crippen LogP contribution in [0.2, 0.25) is 0 Å². The number of hydrogen-bond donors (Lipinski definition) is 0. The lowest BCUT2D eigenvalue weighted by Gasteiger charge is -2.16. The van der Waals surface area contributed by atoms with E-state index in [1.165, 1.54) is 50.1 Å². The maximum atomic E-state index is 5.23. The average Bonchev–Trinajstić information content (AvgIpc) is 3.67. The van der Waals surface area contributed by atoms with Gasteiger partial charge >= 0.3 is 0 Å². The maximum absolute atomic E-state index is 5.23. The summed E-state index contributed by atoms with van der Waals surface area (Å²) in [6.45, 7) is 0. The van der Waals surface area contributed by atoms with Gasteiger partial charge in [0.25, 0.3) is 0 Å². The lowest BCUT2D eigenvalue weighted by Crippen LogP contribution is -2.03. The molecule has 0 radical (unpaired) electrons. The quantitative estimate of drug-likeness (QED) is 0.215. The predicted octanol–water partition coefficient (Wildman–Crippen LogP) is 9.68. The van der Waals surface area contributed by atoms with Crippen LogP contribution < -0.4 is 0 Å². The lowest BCUT2D eigenvalue weighted by atomic mass is 9.90. The summed E-state index contributed by atoms with van der Waals surface area (Å²) < 4.78 is 0. The van der Waals surface area contributed by atoms with Crippen molar-refractivity contribution in [2.75, 3.05) is 0 Å². The third kappa shape index (κ3) is 4.01. The fraction of sp³-hybridized carbons (Fsp3) is 0.0488. The number of hydrogen-bond acceptors (Lipinski definition) is 3. The topological polar surface area (TPSA) is 38.7 Å². The van der Waals surface area contributed by atoms with Gasteiger partial charge in [-0.3, -0.25) is 0 Å². The first-order valence-electron chi connectivity index (χ1n) is 15.1. The Morgan fingerprint density at radius 3 is 1.64 bits per heavy atom. The standard InChI is InChI=1S/C41H27N3/c1-3-12-26(13-4-1)28-18-11-19-31(22-28)40-42-39(27-14-5-2-6-15-27)43-41(44-40)36-25-32-23-29-16-7-9-20-33(29)37(32)38-34-21-10-8-17-30(34)24-35(36)38/h1-22,25H,23-24H2. The maximum Gasteiger partial charge on any atom is 0.164 e. The third-order valence-electron chi connectivity index (χ3n) is 8.97. The second-order valence-electron chi connectivity index (χ2n) is 11.6. The molecule has 3 heteroatoms. The summed E-state index contributed by atoms with van der Waals surface area (Å²) in [5.41, 5.74) is 16.1. The second-order valence-corrected chi connectivity index (χ2v) is 11.6. The van der Waals surface area contributed by atoms with Crippen LogP contribution in [0.15, 0.2) is 140 Å². The van der Waals surface area contributed by atoms with Crippen LogP contribution in [-0.2, 0) is 12.8 Å². The Kier molecular flexibility index (Phi) is 5.63. The van der Waals surface area contributed by atoms with Crippen molar-refractivity contribution >= 4 is 0 Å². The van der Waals surface area contributed by atoms with Crippen LogP contribution in [0, 0.1) is 0 Å². The molecule has 0 unspecified atom stereocenters. The Morgan fingerprint density at radius 2 is 0.886 bits per heavy atom. The minimum atomic E-state index is 0.680. The summed E-state index contributed by atoms with van der Waals surface area (Å²) in [4.78, 5) is 15.4. The van der Waals surface area contributed by atoms with Crippen LogP contribution in [0.4, 0.5) is 0 Å². The van der Waals surface area contributed by atoms with Crippen molar-refractivity contribution in [2.45, 2.75) is 12.8 Å². The molecule has 44 heavy (non-hydrogen) atoms. The van der Waals surface area contributed by atoms with Crippen LogP contribution in [0.25, 0.3) is 67.5 Å². The van der Waals surface area contributed by atoms with Gasteiger partial charge in [0.15, 0.2) is 17.5 Å². The van der Waals surface area contributed by atoms with Crippen LogP contribution in [0.5, 0.6) is 0 Å². The van der Waals surface area contributed by atoms with Crippen LogP contribution in [0.3, 0.4) is 0 Å². The van der Waals surface area contributed by atoms with E-state index in [2.05, 4.69) is 115 Å². The molecule has 1 aromatic heterocycles. The van der Waals surface area contributed by atoms with E-state index in [1.807, 2.05) is 24.3 Å². The molecule has 2 aliphatic carbocycles.